The maximum atomic E-state index is 12.6. The van der Waals surface area contributed by atoms with E-state index in [-0.39, 0.29) is 22.8 Å². The number of pyridine rings is 1. The SMILES string of the molecule is CN(C)CCC(c1ccc(Cl)cc1)c1ccccn1.COc1ccc2c3c1O[C@H]1C(=O)CC[C@H]4[C@@H](C2)N(C)CC[C@]314.O.O=C(O)/C=C\C(=O)O.O=C(O)[C@H](O)[C@@H](O)C(=O)O. The van der Waals surface area contributed by atoms with E-state index in [1.54, 1.807) is 7.11 Å². The maximum Gasteiger partial charge on any atom is 0.335 e. The average molecular weight is 858 g/mol. The highest BCUT2D eigenvalue weighted by Crippen LogP contribution is 2.63. The van der Waals surface area contributed by atoms with Gasteiger partial charge in [-0.15, -0.1) is 0 Å². The molecule has 17 nitrogen and oxygen atoms in total. The van der Waals surface area contributed by atoms with Gasteiger partial charge in [0.1, 0.15) is 0 Å². The summed E-state index contributed by atoms with van der Waals surface area (Å²) >= 11 is 5.97. The third-order valence-electron chi connectivity index (χ3n) is 10.9. The van der Waals surface area contributed by atoms with Crippen LogP contribution in [-0.2, 0) is 35.8 Å². The smallest absolute Gasteiger partial charge is 0.335 e. The van der Waals surface area contributed by atoms with Crippen LogP contribution in [0.4, 0.5) is 0 Å². The molecule has 2 fully saturated rings. The second-order valence-electron chi connectivity index (χ2n) is 14.8. The Morgan fingerprint density at radius 1 is 0.983 bits per heavy atom. The number of Topliss-reactive ketones (excluding diaryl/α,β-unsaturated/α-hetero) is 1. The van der Waals surface area contributed by atoms with Gasteiger partial charge in [0.05, 0.1) is 7.11 Å². The molecular weight excluding hydrogens is 806 g/mol. The molecule has 2 aliphatic carbocycles. The van der Waals surface area contributed by atoms with Crippen molar-refractivity contribution in [3.8, 4) is 11.5 Å². The van der Waals surface area contributed by atoms with Crippen LogP contribution >= 0.6 is 11.6 Å². The number of carboxylic acids is 4. The number of methoxy groups -OCH3 is 1. The quantitative estimate of drug-likeness (QED) is 0.151. The number of hydrogen-bond donors (Lipinski definition) is 6. The number of aliphatic carboxylic acids is 4. The van der Waals surface area contributed by atoms with Gasteiger partial charge in [-0.25, -0.2) is 19.2 Å². The molecule has 1 unspecified atom stereocenters. The zero-order valence-corrected chi connectivity index (χ0v) is 34.4. The lowest BCUT2D eigenvalue weighted by molar-refractivity contribution is -0.165. The molecule has 4 aliphatic rings. The lowest BCUT2D eigenvalue weighted by Gasteiger charge is -2.57. The second-order valence-corrected chi connectivity index (χ2v) is 15.2. The van der Waals surface area contributed by atoms with E-state index in [1.165, 1.54) is 16.7 Å². The average Bonchev–Trinajstić information content (AvgIpc) is 3.56. The van der Waals surface area contributed by atoms with Gasteiger partial charge in [-0.3, -0.25) is 9.78 Å². The van der Waals surface area contributed by atoms with Crippen LogP contribution in [0.1, 0.15) is 54.0 Å². The standard InChI is InChI=1S/C18H21NO3.C16H19ClN2.C4H6O6.C4H4O4.H2O/c1-19-8-7-18-11-4-5-13(20)17(18)22-16-14(21-2)6-3-10(15(16)18)9-12(11)19;1-19(2)12-10-15(16-5-3-4-11-18-16)13-6-8-14(17)9-7-13;5-1(3(7)8)2(6)4(9)10;5-3(6)1-2-4(7)8;/h3,6,11-12,17H,4-5,7-9H2,1-2H3;3-9,11,15H,10,12H2,1-2H3;1-2,5-6H,(H,7,8)(H,9,10);1-2H,(H,5,6)(H,7,8);1H2/b;;;2-1-;/t11-,12+,17-,18-;;1-,2-;;/m0.1../s1. The molecule has 7 atom stereocenters. The Morgan fingerprint density at radius 2 is 1.60 bits per heavy atom. The summed E-state index contributed by atoms with van der Waals surface area (Å²) in [5.41, 5.74) is 4.96. The van der Waals surface area contributed by atoms with Crippen LogP contribution < -0.4 is 9.47 Å². The molecule has 326 valence electrons. The number of carbonyl (C=O) groups excluding carboxylic acids is 1. The molecule has 2 aliphatic heterocycles. The Kier molecular flexibility index (Phi) is 17.7. The minimum atomic E-state index is -2.27. The number of likely N-dealkylation sites (N-methyl/N-ethyl adjacent to an activating group) is 1. The number of benzene rings is 2. The summed E-state index contributed by atoms with van der Waals surface area (Å²) in [4.78, 5) is 60.5. The molecule has 1 saturated heterocycles. The summed E-state index contributed by atoms with van der Waals surface area (Å²) in [6.07, 6.45) is 2.96. The van der Waals surface area contributed by atoms with E-state index < -0.39 is 36.1 Å². The molecule has 1 aromatic heterocycles. The number of aromatic nitrogens is 1. The Bertz CT molecular complexity index is 1960. The van der Waals surface area contributed by atoms with E-state index in [0.29, 0.717) is 36.5 Å². The van der Waals surface area contributed by atoms with Gasteiger partial charge >= 0.3 is 23.9 Å². The minimum absolute atomic E-state index is 0. The summed E-state index contributed by atoms with van der Waals surface area (Å²) < 4.78 is 11.8. The van der Waals surface area contributed by atoms with Crippen LogP contribution in [0.15, 0.2) is 72.9 Å². The predicted octanol–water partition coefficient (Wildman–Crippen LogP) is 2.52. The third-order valence-corrected chi connectivity index (χ3v) is 11.2. The van der Waals surface area contributed by atoms with Gasteiger partial charge in [-0.05, 0) is 107 Å². The largest absolute Gasteiger partial charge is 0.493 e. The number of ketones is 1. The Morgan fingerprint density at radius 3 is 2.12 bits per heavy atom. The topological polar surface area (TPSA) is 276 Å². The molecule has 7 rings (SSSR count). The zero-order chi connectivity index (χ0) is 43.6. The van der Waals surface area contributed by atoms with Crippen molar-refractivity contribution in [3.63, 3.8) is 0 Å². The zero-order valence-electron chi connectivity index (χ0n) is 33.6. The molecule has 3 heterocycles. The highest BCUT2D eigenvalue weighted by Gasteiger charge is 2.65. The summed E-state index contributed by atoms with van der Waals surface area (Å²) in [5, 5.41) is 48.9. The lowest BCUT2D eigenvalue weighted by Crippen LogP contribution is -2.65. The lowest BCUT2D eigenvalue weighted by atomic mass is 9.52. The molecule has 2 aromatic carbocycles. The minimum Gasteiger partial charge on any atom is -0.493 e. The van der Waals surface area contributed by atoms with Crippen LogP contribution in [0.3, 0.4) is 0 Å². The van der Waals surface area contributed by atoms with Crippen molar-refractivity contribution < 1.29 is 69.6 Å². The van der Waals surface area contributed by atoms with Gasteiger partial charge in [-0.2, -0.15) is 0 Å². The number of aliphatic hydroxyl groups excluding tert-OH is 2. The van der Waals surface area contributed by atoms with E-state index in [4.69, 9.17) is 51.7 Å². The number of halogens is 1. The Labute approximate surface area is 351 Å². The number of ether oxygens (including phenoxy) is 2. The van der Waals surface area contributed by atoms with Crippen molar-refractivity contribution in [2.75, 3.05) is 41.3 Å². The molecule has 3 aromatic rings. The van der Waals surface area contributed by atoms with Gasteiger partial charge in [0.25, 0.3) is 0 Å². The monoisotopic (exact) mass is 857 g/mol. The molecule has 0 radical (unpaired) electrons. The van der Waals surface area contributed by atoms with Crippen LogP contribution in [0.25, 0.3) is 0 Å². The van der Waals surface area contributed by atoms with E-state index in [9.17, 15) is 24.0 Å². The first kappa shape index (κ1) is 48.9. The Balaban J connectivity index is 0.000000230. The van der Waals surface area contributed by atoms with Crippen LogP contribution in [0.5, 0.6) is 11.5 Å². The molecule has 60 heavy (non-hydrogen) atoms. The first-order valence-electron chi connectivity index (χ1n) is 18.8. The molecule has 2 bridgehead atoms. The van der Waals surface area contributed by atoms with E-state index in [2.05, 4.69) is 60.2 Å². The number of carboxylic acid groups (broad SMARTS) is 4. The summed E-state index contributed by atoms with van der Waals surface area (Å²) in [6.45, 7) is 2.08. The second kappa shape index (κ2) is 21.7. The number of carbonyl (C=O) groups is 5. The van der Waals surface area contributed by atoms with Crippen LogP contribution in [0.2, 0.25) is 5.02 Å². The van der Waals surface area contributed by atoms with E-state index in [1.807, 2.05) is 36.5 Å². The van der Waals surface area contributed by atoms with Crippen LogP contribution in [0, 0.1) is 5.92 Å². The van der Waals surface area contributed by atoms with Gasteiger partial charge < -0.3 is 55.4 Å². The number of likely N-dealkylation sites (tertiary alicyclic amines) is 1. The highest BCUT2D eigenvalue weighted by molar-refractivity contribution is 6.30. The highest BCUT2D eigenvalue weighted by atomic mass is 35.5. The van der Waals surface area contributed by atoms with Gasteiger partial charge in [0.2, 0.25) is 0 Å². The molecule has 1 spiro atoms. The summed E-state index contributed by atoms with van der Waals surface area (Å²) in [5.74, 6) is -3.27. The van der Waals surface area contributed by atoms with Gasteiger partial charge in [-0.1, -0.05) is 35.9 Å². The molecule has 0 amide bonds. The number of aliphatic hydroxyl groups is 2. The fourth-order valence-electron chi connectivity index (χ4n) is 8.23. The van der Waals surface area contributed by atoms with Crippen LogP contribution in [-0.4, -0.2) is 146 Å². The number of piperidine rings is 1. The van der Waals surface area contributed by atoms with Crippen molar-refractivity contribution in [2.24, 2.45) is 5.92 Å². The summed E-state index contributed by atoms with van der Waals surface area (Å²) in [7, 11) is 8.10. The first-order chi connectivity index (χ1) is 27.9. The van der Waals surface area contributed by atoms with Crippen molar-refractivity contribution in [1.82, 2.24) is 14.8 Å². The van der Waals surface area contributed by atoms with Crippen molar-refractivity contribution >= 4 is 41.3 Å². The third kappa shape index (κ3) is 11.4. The predicted molar refractivity (Wildman–Crippen MR) is 218 cm³/mol. The summed E-state index contributed by atoms with van der Waals surface area (Å²) in [6, 6.07) is 18.9. The van der Waals surface area contributed by atoms with Gasteiger partial charge in [0.15, 0.2) is 35.6 Å². The first-order valence-corrected chi connectivity index (χ1v) is 19.2. The maximum absolute atomic E-state index is 12.6. The number of rotatable bonds is 11. The normalized spacial score (nSPS) is 22.0. The number of hydrogen-bond acceptors (Lipinski definition) is 12. The van der Waals surface area contributed by atoms with Crippen molar-refractivity contribution in [2.45, 2.75) is 67.8 Å². The van der Waals surface area contributed by atoms with E-state index in [0.717, 1.165) is 61.0 Å². The van der Waals surface area contributed by atoms with Crippen molar-refractivity contribution in [3.05, 3.63) is 100 Å². The molecular formula is C42H52ClN3O14. The van der Waals surface area contributed by atoms with E-state index >= 15 is 0 Å². The molecule has 18 heteroatoms. The fourth-order valence-corrected chi connectivity index (χ4v) is 8.36. The van der Waals surface area contributed by atoms with Crippen molar-refractivity contribution in [1.29, 1.82) is 0 Å². The van der Waals surface area contributed by atoms with Gasteiger partial charge in [0, 0.05) is 58.4 Å². The fraction of sp³-hybridized carbons (Fsp3) is 0.429. The number of nitrogens with zero attached hydrogens (tertiary/aromatic N) is 3. The molecule has 1 saturated carbocycles. The Hall–Kier alpha value is -5.43. The molecule has 8 N–H and O–H groups in total.